The summed E-state index contributed by atoms with van der Waals surface area (Å²) in [5, 5.41) is 2.40. The second kappa shape index (κ2) is 6.98. The van der Waals surface area contributed by atoms with Gasteiger partial charge >= 0.3 is 11.9 Å². The Kier molecular flexibility index (Phi) is 5.61. The van der Waals surface area contributed by atoms with Gasteiger partial charge in [0.15, 0.2) is 0 Å². The number of nitrogens with one attached hydrogen (secondary N) is 1. The van der Waals surface area contributed by atoms with Gasteiger partial charge in [-0.3, -0.25) is 4.79 Å². The summed E-state index contributed by atoms with van der Waals surface area (Å²) in [5.41, 5.74) is 0. The number of esters is 2. The van der Waals surface area contributed by atoms with Crippen molar-refractivity contribution in [2.75, 3.05) is 13.2 Å². The lowest BCUT2D eigenvalue weighted by molar-refractivity contribution is -0.160. The predicted octanol–water partition coefficient (Wildman–Crippen LogP) is 0.397. The molecule has 1 fully saturated rings. The fourth-order valence-electron chi connectivity index (χ4n) is 1.60. The Labute approximate surface area is 106 Å². The molecule has 102 valence electrons. The molecule has 0 aromatic carbocycles. The van der Waals surface area contributed by atoms with E-state index in [1.54, 1.807) is 13.8 Å². The van der Waals surface area contributed by atoms with Crippen LogP contribution >= 0.6 is 0 Å². The Bertz CT molecular complexity index is 306. The van der Waals surface area contributed by atoms with Crippen LogP contribution in [0.2, 0.25) is 0 Å². The summed E-state index contributed by atoms with van der Waals surface area (Å²) in [4.78, 5) is 34.9. The number of rotatable bonds is 6. The summed E-state index contributed by atoms with van der Waals surface area (Å²) in [5.74, 6) is -1.93. The molecule has 1 saturated carbocycles. The number of carbonyl (C=O) groups is 3. The van der Waals surface area contributed by atoms with Gasteiger partial charge in [-0.25, -0.2) is 9.59 Å². The smallest absolute Gasteiger partial charge is 0.340 e. The molecule has 0 spiro atoms. The number of ether oxygens (including phenoxy) is 2. The van der Waals surface area contributed by atoms with Crippen molar-refractivity contribution in [3.05, 3.63) is 0 Å². The zero-order chi connectivity index (χ0) is 13.5. The molecular weight excluding hydrogens is 238 g/mol. The van der Waals surface area contributed by atoms with Crippen LogP contribution in [0.4, 0.5) is 0 Å². The predicted molar refractivity (Wildman–Crippen MR) is 62.5 cm³/mol. The van der Waals surface area contributed by atoms with Crippen molar-refractivity contribution in [1.82, 2.24) is 5.32 Å². The minimum Gasteiger partial charge on any atom is -0.464 e. The van der Waals surface area contributed by atoms with E-state index in [9.17, 15) is 14.4 Å². The van der Waals surface area contributed by atoms with Gasteiger partial charge in [-0.2, -0.15) is 0 Å². The lowest BCUT2D eigenvalue weighted by atomic mass is 9.84. The molecule has 1 aliphatic carbocycles. The average molecular weight is 257 g/mol. The molecule has 0 atom stereocenters. The van der Waals surface area contributed by atoms with Crippen LogP contribution in [-0.2, 0) is 23.9 Å². The zero-order valence-electron chi connectivity index (χ0n) is 10.7. The molecule has 0 aliphatic heterocycles. The second-order valence-corrected chi connectivity index (χ2v) is 4.07. The molecule has 0 radical (unpaired) electrons. The maximum atomic E-state index is 11.7. The molecule has 0 aromatic heterocycles. The maximum absolute atomic E-state index is 11.7. The van der Waals surface area contributed by atoms with Crippen LogP contribution in [0.1, 0.15) is 33.1 Å². The molecule has 1 N–H and O–H groups in total. The van der Waals surface area contributed by atoms with Gasteiger partial charge in [0.2, 0.25) is 11.9 Å². The Hall–Kier alpha value is -1.59. The lowest BCUT2D eigenvalue weighted by Gasteiger charge is -2.25. The van der Waals surface area contributed by atoms with Crippen LogP contribution in [0, 0.1) is 5.92 Å². The van der Waals surface area contributed by atoms with Gasteiger partial charge in [0.25, 0.3) is 0 Å². The molecule has 1 aliphatic rings. The van der Waals surface area contributed by atoms with E-state index in [1.165, 1.54) is 0 Å². The minimum absolute atomic E-state index is 0.101. The van der Waals surface area contributed by atoms with Gasteiger partial charge < -0.3 is 14.8 Å². The van der Waals surface area contributed by atoms with E-state index in [1.807, 2.05) is 0 Å². The van der Waals surface area contributed by atoms with E-state index < -0.39 is 18.0 Å². The quantitative estimate of drug-likeness (QED) is 0.550. The summed E-state index contributed by atoms with van der Waals surface area (Å²) >= 11 is 0. The summed E-state index contributed by atoms with van der Waals surface area (Å²) < 4.78 is 9.50. The number of hydrogen-bond acceptors (Lipinski definition) is 5. The Morgan fingerprint density at radius 3 is 1.94 bits per heavy atom. The normalized spacial score (nSPS) is 14.8. The maximum Gasteiger partial charge on any atom is 0.340 e. The van der Waals surface area contributed by atoms with Crippen LogP contribution in [0.15, 0.2) is 0 Å². The Morgan fingerprint density at radius 1 is 1.11 bits per heavy atom. The van der Waals surface area contributed by atoms with Crippen molar-refractivity contribution >= 4 is 17.8 Å². The molecule has 6 heteroatoms. The monoisotopic (exact) mass is 257 g/mol. The second-order valence-electron chi connectivity index (χ2n) is 4.07. The fraction of sp³-hybridized carbons (Fsp3) is 0.750. The summed E-state index contributed by atoms with van der Waals surface area (Å²) in [7, 11) is 0. The van der Waals surface area contributed by atoms with Crippen LogP contribution in [0.5, 0.6) is 0 Å². The van der Waals surface area contributed by atoms with E-state index in [4.69, 9.17) is 9.47 Å². The number of carbonyl (C=O) groups excluding carboxylic acids is 3. The van der Waals surface area contributed by atoms with E-state index in [-0.39, 0.29) is 25.0 Å². The van der Waals surface area contributed by atoms with Crippen molar-refractivity contribution in [3.8, 4) is 0 Å². The molecule has 0 unspecified atom stereocenters. The van der Waals surface area contributed by atoms with Gasteiger partial charge in [-0.1, -0.05) is 6.42 Å². The first-order valence-corrected chi connectivity index (χ1v) is 6.23. The SMILES string of the molecule is CCOC(=O)C(NC(=O)C1CCC1)C(=O)OCC. The minimum atomic E-state index is -1.35. The largest absolute Gasteiger partial charge is 0.464 e. The van der Waals surface area contributed by atoms with Crippen molar-refractivity contribution in [1.29, 1.82) is 0 Å². The third kappa shape index (κ3) is 3.72. The Morgan fingerprint density at radius 2 is 1.61 bits per heavy atom. The summed E-state index contributed by atoms with van der Waals surface area (Å²) in [6.45, 7) is 3.56. The van der Waals surface area contributed by atoms with Crippen LogP contribution in [0.3, 0.4) is 0 Å². The van der Waals surface area contributed by atoms with Gasteiger partial charge in [-0.05, 0) is 26.7 Å². The van der Waals surface area contributed by atoms with Crippen LogP contribution < -0.4 is 5.32 Å². The van der Waals surface area contributed by atoms with Gasteiger partial charge in [0.05, 0.1) is 13.2 Å². The van der Waals surface area contributed by atoms with Crippen molar-refractivity contribution in [2.45, 2.75) is 39.2 Å². The summed E-state index contributed by atoms with van der Waals surface area (Å²) in [6, 6.07) is -1.35. The lowest BCUT2D eigenvalue weighted by Crippen LogP contribution is -2.50. The fourth-order valence-corrected chi connectivity index (χ4v) is 1.60. The first kappa shape index (κ1) is 14.5. The highest BCUT2D eigenvalue weighted by atomic mass is 16.6. The molecule has 6 nitrogen and oxygen atoms in total. The third-order valence-electron chi connectivity index (χ3n) is 2.81. The molecule has 0 bridgehead atoms. The molecule has 18 heavy (non-hydrogen) atoms. The van der Waals surface area contributed by atoms with Gasteiger partial charge in [0.1, 0.15) is 0 Å². The molecule has 1 amide bonds. The first-order chi connectivity index (χ1) is 8.60. The van der Waals surface area contributed by atoms with Crippen molar-refractivity contribution in [3.63, 3.8) is 0 Å². The highest BCUT2D eigenvalue weighted by Gasteiger charge is 2.34. The van der Waals surface area contributed by atoms with E-state index in [2.05, 4.69) is 5.32 Å². The van der Waals surface area contributed by atoms with Gasteiger partial charge in [0, 0.05) is 5.92 Å². The zero-order valence-corrected chi connectivity index (χ0v) is 10.7. The van der Waals surface area contributed by atoms with Crippen molar-refractivity contribution in [2.24, 2.45) is 5.92 Å². The first-order valence-electron chi connectivity index (χ1n) is 6.23. The van der Waals surface area contributed by atoms with Crippen molar-refractivity contribution < 1.29 is 23.9 Å². The Balaban J connectivity index is 2.60. The molecule has 0 aromatic rings. The molecule has 0 heterocycles. The number of amides is 1. The van der Waals surface area contributed by atoms with Crippen LogP contribution in [0.25, 0.3) is 0 Å². The van der Waals surface area contributed by atoms with E-state index in [0.29, 0.717) is 0 Å². The topological polar surface area (TPSA) is 81.7 Å². The molecule has 0 saturated heterocycles. The van der Waals surface area contributed by atoms with E-state index in [0.717, 1.165) is 19.3 Å². The van der Waals surface area contributed by atoms with Gasteiger partial charge in [-0.15, -0.1) is 0 Å². The van der Waals surface area contributed by atoms with E-state index >= 15 is 0 Å². The summed E-state index contributed by atoms with van der Waals surface area (Å²) in [6.07, 6.45) is 2.59. The van der Waals surface area contributed by atoms with Crippen LogP contribution in [-0.4, -0.2) is 37.1 Å². The number of hydrogen-bond donors (Lipinski definition) is 1. The molecule has 1 rings (SSSR count). The standard InChI is InChI=1S/C12H19NO5/c1-3-17-11(15)9(12(16)18-4-2)13-10(14)8-6-5-7-8/h8-9H,3-7H2,1-2H3,(H,13,14). The molecular formula is C12H19NO5. The third-order valence-corrected chi connectivity index (χ3v) is 2.81. The highest BCUT2D eigenvalue weighted by Crippen LogP contribution is 2.26. The highest BCUT2D eigenvalue weighted by molar-refractivity contribution is 6.02. The average Bonchev–Trinajstić information content (AvgIpc) is 2.23.